The van der Waals surface area contributed by atoms with E-state index in [2.05, 4.69) is 5.32 Å². The SMILES string of the molecule is COCCNC(C#N)c1ccc(SC(F)(F)F)cc1. The first kappa shape index (κ1) is 15.8. The Morgan fingerprint density at radius 2 is 2.00 bits per heavy atom. The van der Waals surface area contributed by atoms with E-state index in [0.29, 0.717) is 18.7 Å². The molecule has 1 aromatic carbocycles. The summed E-state index contributed by atoms with van der Waals surface area (Å²) >= 11 is -0.173. The van der Waals surface area contributed by atoms with E-state index in [1.165, 1.54) is 24.3 Å². The summed E-state index contributed by atoms with van der Waals surface area (Å²) in [7, 11) is 1.55. The predicted molar refractivity (Wildman–Crippen MR) is 66.6 cm³/mol. The maximum Gasteiger partial charge on any atom is 0.446 e. The third-order valence-corrected chi connectivity index (χ3v) is 2.97. The highest BCUT2D eigenvalue weighted by molar-refractivity contribution is 8.00. The van der Waals surface area contributed by atoms with Gasteiger partial charge < -0.3 is 4.74 Å². The van der Waals surface area contributed by atoms with Crippen LogP contribution in [0.2, 0.25) is 0 Å². The minimum absolute atomic E-state index is 0.102. The van der Waals surface area contributed by atoms with E-state index in [9.17, 15) is 13.2 Å². The molecule has 0 spiro atoms. The second-order valence-electron chi connectivity index (χ2n) is 3.63. The van der Waals surface area contributed by atoms with Gasteiger partial charge in [-0.05, 0) is 29.5 Å². The van der Waals surface area contributed by atoms with Crippen molar-refractivity contribution in [3.8, 4) is 6.07 Å². The molecule has 0 aliphatic rings. The lowest BCUT2D eigenvalue weighted by Crippen LogP contribution is -2.23. The fourth-order valence-electron chi connectivity index (χ4n) is 1.41. The van der Waals surface area contributed by atoms with E-state index in [4.69, 9.17) is 10.00 Å². The van der Waals surface area contributed by atoms with Crippen LogP contribution < -0.4 is 5.32 Å². The molecule has 1 N–H and O–H groups in total. The molecule has 104 valence electrons. The van der Waals surface area contributed by atoms with E-state index >= 15 is 0 Å². The molecule has 0 aliphatic heterocycles. The van der Waals surface area contributed by atoms with E-state index in [1.54, 1.807) is 7.11 Å². The normalized spacial score (nSPS) is 13.0. The van der Waals surface area contributed by atoms with Crippen LogP contribution in [-0.4, -0.2) is 25.8 Å². The highest BCUT2D eigenvalue weighted by Crippen LogP contribution is 2.36. The monoisotopic (exact) mass is 290 g/mol. The van der Waals surface area contributed by atoms with E-state index in [1.807, 2.05) is 6.07 Å². The van der Waals surface area contributed by atoms with E-state index in [0.717, 1.165) is 0 Å². The summed E-state index contributed by atoms with van der Waals surface area (Å²) in [5.74, 6) is 0. The zero-order valence-corrected chi connectivity index (χ0v) is 11.0. The maximum absolute atomic E-state index is 12.2. The van der Waals surface area contributed by atoms with Crippen LogP contribution in [0.4, 0.5) is 13.2 Å². The Morgan fingerprint density at radius 1 is 1.37 bits per heavy atom. The van der Waals surface area contributed by atoms with Crippen LogP contribution in [0.25, 0.3) is 0 Å². The van der Waals surface area contributed by atoms with Gasteiger partial charge >= 0.3 is 5.51 Å². The van der Waals surface area contributed by atoms with Crippen molar-refractivity contribution in [1.82, 2.24) is 5.32 Å². The van der Waals surface area contributed by atoms with Gasteiger partial charge in [0, 0.05) is 18.6 Å². The van der Waals surface area contributed by atoms with Crippen molar-refractivity contribution in [2.45, 2.75) is 16.4 Å². The molecule has 0 heterocycles. The first-order valence-corrected chi connectivity index (χ1v) is 6.25. The summed E-state index contributed by atoms with van der Waals surface area (Å²) in [6.45, 7) is 0.952. The molecule has 19 heavy (non-hydrogen) atoms. The number of hydrogen-bond donors (Lipinski definition) is 1. The lowest BCUT2D eigenvalue weighted by Gasteiger charge is -2.12. The number of nitrogens with zero attached hydrogens (tertiary/aromatic N) is 1. The van der Waals surface area contributed by atoms with Crippen molar-refractivity contribution in [3.05, 3.63) is 29.8 Å². The van der Waals surface area contributed by atoms with Gasteiger partial charge in [-0.1, -0.05) is 12.1 Å². The Morgan fingerprint density at radius 3 is 2.47 bits per heavy atom. The van der Waals surface area contributed by atoms with Gasteiger partial charge in [-0.3, -0.25) is 5.32 Å². The van der Waals surface area contributed by atoms with Gasteiger partial charge in [-0.15, -0.1) is 0 Å². The van der Waals surface area contributed by atoms with Crippen molar-refractivity contribution < 1.29 is 17.9 Å². The number of hydrogen-bond acceptors (Lipinski definition) is 4. The molecule has 1 aromatic rings. The molecule has 0 bridgehead atoms. The lowest BCUT2D eigenvalue weighted by atomic mass is 10.1. The number of nitrogens with one attached hydrogen (secondary N) is 1. The van der Waals surface area contributed by atoms with Gasteiger partial charge in [0.1, 0.15) is 6.04 Å². The number of methoxy groups -OCH3 is 1. The molecule has 0 radical (unpaired) electrons. The van der Waals surface area contributed by atoms with Gasteiger partial charge in [0.2, 0.25) is 0 Å². The third kappa shape index (κ3) is 5.96. The number of halogens is 3. The van der Waals surface area contributed by atoms with Crippen LogP contribution in [0.5, 0.6) is 0 Å². The van der Waals surface area contributed by atoms with Crippen LogP contribution in [0.3, 0.4) is 0 Å². The van der Waals surface area contributed by atoms with Gasteiger partial charge in [-0.25, -0.2) is 0 Å². The molecular weight excluding hydrogens is 277 g/mol. The molecule has 1 unspecified atom stereocenters. The molecule has 0 fully saturated rings. The summed E-state index contributed by atoms with van der Waals surface area (Å²) in [4.78, 5) is 0.102. The Labute approximate surface area is 113 Å². The summed E-state index contributed by atoms with van der Waals surface area (Å²) in [5.41, 5.74) is -3.67. The van der Waals surface area contributed by atoms with Crippen LogP contribution in [0.1, 0.15) is 11.6 Å². The zero-order valence-electron chi connectivity index (χ0n) is 10.2. The lowest BCUT2D eigenvalue weighted by molar-refractivity contribution is -0.0328. The van der Waals surface area contributed by atoms with Crippen molar-refractivity contribution in [2.75, 3.05) is 20.3 Å². The molecule has 0 saturated carbocycles. The standard InChI is InChI=1S/C12H13F3N2OS/c1-18-7-6-17-11(8-16)9-2-4-10(5-3-9)19-12(13,14)15/h2-5,11,17H,6-7H2,1H3. The third-order valence-electron chi connectivity index (χ3n) is 2.23. The van der Waals surface area contributed by atoms with Crippen molar-refractivity contribution in [2.24, 2.45) is 0 Å². The summed E-state index contributed by atoms with van der Waals surface area (Å²) < 4.78 is 41.3. The Bertz CT molecular complexity index is 428. The fraction of sp³-hybridized carbons (Fsp3) is 0.417. The maximum atomic E-state index is 12.2. The molecule has 1 rings (SSSR count). The van der Waals surface area contributed by atoms with Crippen LogP contribution in [0, 0.1) is 11.3 Å². The second kappa shape index (κ2) is 7.38. The highest BCUT2D eigenvalue weighted by Gasteiger charge is 2.29. The Hall–Kier alpha value is -1.23. The highest BCUT2D eigenvalue weighted by atomic mass is 32.2. The summed E-state index contributed by atoms with van der Waals surface area (Å²) in [6.07, 6.45) is 0. The van der Waals surface area contributed by atoms with Gasteiger partial charge in [0.15, 0.2) is 0 Å². The molecule has 7 heteroatoms. The smallest absolute Gasteiger partial charge is 0.383 e. The molecule has 0 aromatic heterocycles. The number of benzene rings is 1. The van der Waals surface area contributed by atoms with Crippen LogP contribution in [-0.2, 0) is 4.74 Å². The molecule has 0 aliphatic carbocycles. The molecule has 3 nitrogen and oxygen atoms in total. The molecule has 0 amide bonds. The van der Waals surface area contributed by atoms with Crippen molar-refractivity contribution in [1.29, 1.82) is 5.26 Å². The number of nitriles is 1. The van der Waals surface area contributed by atoms with Gasteiger partial charge in [0.05, 0.1) is 12.7 Å². The Kier molecular flexibility index (Phi) is 6.15. The molecule has 0 saturated heterocycles. The number of rotatable bonds is 6. The minimum Gasteiger partial charge on any atom is -0.383 e. The first-order valence-electron chi connectivity index (χ1n) is 5.44. The van der Waals surface area contributed by atoms with Gasteiger partial charge in [0.25, 0.3) is 0 Å². The summed E-state index contributed by atoms with van der Waals surface area (Å²) in [6, 6.07) is 7.24. The fourth-order valence-corrected chi connectivity index (χ4v) is 1.94. The molecular formula is C12H13F3N2OS. The average molecular weight is 290 g/mol. The minimum atomic E-state index is -4.30. The first-order chi connectivity index (χ1) is 8.96. The molecule has 1 atom stereocenters. The van der Waals surface area contributed by atoms with Crippen molar-refractivity contribution in [3.63, 3.8) is 0 Å². The quantitative estimate of drug-likeness (QED) is 0.646. The second-order valence-corrected chi connectivity index (χ2v) is 4.76. The van der Waals surface area contributed by atoms with Crippen LogP contribution in [0.15, 0.2) is 29.2 Å². The predicted octanol–water partition coefficient (Wildman–Crippen LogP) is 3.10. The topological polar surface area (TPSA) is 45.0 Å². The average Bonchev–Trinajstić information content (AvgIpc) is 2.34. The largest absolute Gasteiger partial charge is 0.446 e. The zero-order chi connectivity index (χ0) is 14.3. The number of thioether (sulfide) groups is 1. The summed E-state index contributed by atoms with van der Waals surface area (Å²) in [5, 5.41) is 11.9. The Balaban J connectivity index is 2.66. The van der Waals surface area contributed by atoms with Gasteiger partial charge in [-0.2, -0.15) is 18.4 Å². The number of alkyl halides is 3. The van der Waals surface area contributed by atoms with Crippen LogP contribution >= 0.6 is 11.8 Å². The van der Waals surface area contributed by atoms with E-state index in [-0.39, 0.29) is 16.7 Å². The van der Waals surface area contributed by atoms with E-state index < -0.39 is 11.6 Å². The number of ether oxygens (including phenoxy) is 1. The van der Waals surface area contributed by atoms with Crippen molar-refractivity contribution >= 4 is 11.8 Å².